The molecular weight excluding hydrogens is 461 g/mol. The van der Waals surface area contributed by atoms with E-state index in [1.807, 2.05) is 12.1 Å². The van der Waals surface area contributed by atoms with Crippen molar-refractivity contribution in [3.63, 3.8) is 0 Å². The molecule has 0 bridgehead atoms. The molecule has 1 aromatic carbocycles. The normalized spacial score (nSPS) is 15.8. The Labute approximate surface area is 191 Å². The van der Waals surface area contributed by atoms with E-state index in [0.29, 0.717) is 17.9 Å². The fourth-order valence-electron chi connectivity index (χ4n) is 3.80. The summed E-state index contributed by atoms with van der Waals surface area (Å²) < 4.78 is 17.2. The van der Waals surface area contributed by atoms with Crippen molar-refractivity contribution in [3.8, 4) is 0 Å². The van der Waals surface area contributed by atoms with Gasteiger partial charge in [-0.1, -0.05) is 35.8 Å². The molecule has 1 aliphatic rings. The minimum atomic E-state index is -0.216. The Morgan fingerprint density at radius 2 is 1.94 bits per heavy atom. The molecule has 0 spiro atoms. The number of fused-ring (bicyclic) bond motifs is 1. The average Bonchev–Trinajstić information content (AvgIpc) is 3.22. The van der Waals surface area contributed by atoms with Crippen LogP contribution in [0.25, 0.3) is 5.78 Å². The molecule has 0 atom stereocenters. The highest BCUT2D eigenvalue weighted by Crippen LogP contribution is 2.24. The lowest BCUT2D eigenvalue weighted by molar-refractivity contribution is 0.156. The van der Waals surface area contributed by atoms with Gasteiger partial charge in [0.15, 0.2) is 0 Å². The zero-order valence-corrected chi connectivity index (χ0v) is 19.9. The van der Waals surface area contributed by atoms with E-state index in [4.69, 9.17) is 0 Å². The van der Waals surface area contributed by atoms with Crippen LogP contribution >= 0.6 is 15.9 Å². The lowest BCUT2D eigenvalue weighted by Gasteiger charge is -2.34. The van der Waals surface area contributed by atoms with Crippen molar-refractivity contribution in [1.29, 1.82) is 0 Å². The summed E-state index contributed by atoms with van der Waals surface area (Å²) in [4.78, 5) is 16.0. The Morgan fingerprint density at radius 1 is 1.16 bits per heavy atom. The van der Waals surface area contributed by atoms with Crippen molar-refractivity contribution in [2.75, 3.05) is 51.2 Å². The fourth-order valence-corrected chi connectivity index (χ4v) is 4.13. The second-order valence-electron chi connectivity index (χ2n) is 8.47. The molecule has 166 valence electrons. The number of hydrogen-bond acceptors (Lipinski definition) is 6. The summed E-state index contributed by atoms with van der Waals surface area (Å²) in [5, 5.41) is 4.40. The van der Waals surface area contributed by atoms with Gasteiger partial charge in [0.25, 0.3) is 5.78 Å². The van der Waals surface area contributed by atoms with E-state index in [1.54, 1.807) is 4.52 Å². The summed E-state index contributed by atoms with van der Waals surface area (Å²) in [6.07, 6.45) is 1.52. The Kier molecular flexibility index (Phi) is 6.83. The summed E-state index contributed by atoms with van der Waals surface area (Å²) in [5.41, 5.74) is 1.61. The largest absolute Gasteiger partial charge is 0.351 e. The monoisotopic (exact) mass is 489 g/mol. The van der Waals surface area contributed by atoms with Gasteiger partial charge in [-0.05, 0) is 25.1 Å². The van der Waals surface area contributed by atoms with Crippen molar-refractivity contribution in [3.05, 3.63) is 52.1 Å². The maximum absolute atomic E-state index is 14.7. The molecule has 3 aromatic rings. The molecule has 9 heteroatoms. The van der Waals surface area contributed by atoms with Gasteiger partial charge in [-0.25, -0.2) is 9.37 Å². The van der Waals surface area contributed by atoms with Crippen LogP contribution in [0.3, 0.4) is 0 Å². The van der Waals surface area contributed by atoms with Crippen LogP contribution in [0.2, 0.25) is 0 Å². The summed E-state index contributed by atoms with van der Waals surface area (Å²) >= 11 is 3.35. The van der Waals surface area contributed by atoms with Gasteiger partial charge < -0.3 is 9.80 Å². The van der Waals surface area contributed by atoms with Crippen molar-refractivity contribution < 1.29 is 4.39 Å². The van der Waals surface area contributed by atoms with Gasteiger partial charge in [0, 0.05) is 61.9 Å². The molecule has 1 saturated heterocycles. The predicted octanol–water partition coefficient (Wildman–Crippen LogP) is 3.40. The number of nitrogens with zero attached hydrogens (tertiary/aromatic N) is 7. The number of halogens is 2. The van der Waals surface area contributed by atoms with Crippen molar-refractivity contribution in [2.45, 2.75) is 26.3 Å². The van der Waals surface area contributed by atoms with Crippen molar-refractivity contribution in [1.82, 2.24) is 29.4 Å². The van der Waals surface area contributed by atoms with E-state index in [1.165, 1.54) is 12.4 Å². The quantitative estimate of drug-likeness (QED) is 0.506. The Morgan fingerprint density at radius 3 is 2.65 bits per heavy atom. The van der Waals surface area contributed by atoms with Gasteiger partial charge in [0.1, 0.15) is 18.0 Å². The zero-order chi connectivity index (χ0) is 22.0. The van der Waals surface area contributed by atoms with Crippen LogP contribution in [0, 0.1) is 5.82 Å². The molecule has 0 N–H and O–H groups in total. The first kappa shape index (κ1) is 22.1. The number of aromatic nitrogens is 4. The molecular formula is C22H29BrFN7. The molecule has 0 saturated carbocycles. The first-order valence-corrected chi connectivity index (χ1v) is 11.5. The van der Waals surface area contributed by atoms with E-state index in [2.05, 4.69) is 72.7 Å². The molecule has 0 radical (unpaired) electrons. The second kappa shape index (κ2) is 9.58. The minimum absolute atomic E-state index is 0.216. The van der Waals surface area contributed by atoms with Gasteiger partial charge in [0.2, 0.25) is 0 Å². The molecule has 31 heavy (non-hydrogen) atoms. The summed E-state index contributed by atoms with van der Waals surface area (Å²) in [5.74, 6) is 1.50. The first-order valence-electron chi connectivity index (χ1n) is 10.7. The first-order chi connectivity index (χ1) is 14.9. The standard InChI is InChI=1S/C22H29BrFN7/c1-16(2)20-13-21(31-22(27-20)25-15-26-31)30(11-10-29-8-6-28(3)7-9-29)14-17-4-5-18(23)12-19(17)24/h4-5,12-13,15-16H,6-11,14H2,1-3H3. The van der Waals surface area contributed by atoms with Gasteiger partial charge in [-0.2, -0.15) is 14.6 Å². The number of piperazine rings is 1. The van der Waals surface area contributed by atoms with Crippen LogP contribution in [0.1, 0.15) is 31.0 Å². The van der Waals surface area contributed by atoms with E-state index < -0.39 is 0 Å². The lowest BCUT2D eigenvalue weighted by atomic mass is 10.1. The number of benzene rings is 1. The molecule has 0 unspecified atom stereocenters. The third-order valence-corrected chi connectivity index (χ3v) is 6.32. The Bertz CT molecular complexity index is 1030. The van der Waals surface area contributed by atoms with Crippen LogP contribution in [-0.2, 0) is 6.54 Å². The van der Waals surface area contributed by atoms with Gasteiger partial charge in [-0.3, -0.25) is 4.90 Å². The number of rotatable bonds is 7. The molecule has 1 fully saturated rings. The summed E-state index contributed by atoms with van der Waals surface area (Å²) in [7, 11) is 2.16. The Balaban J connectivity index is 1.66. The molecule has 7 nitrogen and oxygen atoms in total. The summed E-state index contributed by atoms with van der Waals surface area (Å²) in [6.45, 7) is 10.6. The minimum Gasteiger partial charge on any atom is -0.351 e. The molecule has 2 aromatic heterocycles. The third kappa shape index (κ3) is 5.22. The fraction of sp³-hybridized carbons (Fsp3) is 0.500. The third-order valence-electron chi connectivity index (χ3n) is 5.83. The number of likely N-dealkylation sites (N-methyl/N-ethyl adjacent to an activating group) is 1. The second-order valence-corrected chi connectivity index (χ2v) is 9.38. The molecule has 0 aliphatic carbocycles. The van der Waals surface area contributed by atoms with E-state index in [9.17, 15) is 4.39 Å². The van der Waals surface area contributed by atoms with Gasteiger partial charge in [0.05, 0.1) is 5.69 Å². The van der Waals surface area contributed by atoms with Gasteiger partial charge in [-0.15, -0.1) is 0 Å². The smallest absolute Gasteiger partial charge is 0.254 e. The van der Waals surface area contributed by atoms with Crippen molar-refractivity contribution in [2.24, 2.45) is 0 Å². The summed E-state index contributed by atoms with van der Waals surface area (Å²) in [6, 6.07) is 7.30. The maximum Gasteiger partial charge on any atom is 0.254 e. The van der Waals surface area contributed by atoms with E-state index in [0.717, 1.165) is 55.3 Å². The molecule has 4 rings (SSSR count). The number of anilines is 1. The predicted molar refractivity (Wildman–Crippen MR) is 124 cm³/mol. The average molecular weight is 490 g/mol. The van der Waals surface area contributed by atoms with E-state index >= 15 is 0 Å². The zero-order valence-electron chi connectivity index (χ0n) is 18.3. The maximum atomic E-state index is 14.7. The lowest BCUT2D eigenvalue weighted by Crippen LogP contribution is -2.47. The Hall–Kier alpha value is -2.10. The molecule has 0 amide bonds. The van der Waals surface area contributed by atoms with Crippen LogP contribution in [-0.4, -0.2) is 75.7 Å². The topological polar surface area (TPSA) is 52.8 Å². The highest BCUT2D eigenvalue weighted by molar-refractivity contribution is 9.10. The van der Waals surface area contributed by atoms with Crippen LogP contribution in [0.4, 0.5) is 10.2 Å². The van der Waals surface area contributed by atoms with Crippen LogP contribution < -0.4 is 4.90 Å². The van der Waals surface area contributed by atoms with Crippen LogP contribution in [0.5, 0.6) is 0 Å². The van der Waals surface area contributed by atoms with E-state index in [-0.39, 0.29) is 11.7 Å². The van der Waals surface area contributed by atoms with Crippen LogP contribution in [0.15, 0.2) is 35.1 Å². The highest BCUT2D eigenvalue weighted by Gasteiger charge is 2.20. The van der Waals surface area contributed by atoms with Gasteiger partial charge >= 0.3 is 0 Å². The highest BCUT2D eigenvalue weighted by atomic mass is 79.9. The molecule has 1 aliphatic heterocycles. The molecule has 3 heterocycles. The van der Waals surface area contributed by atoms with Crippen molar-refractivity contribution >= 4 is 27.5 Å². The SMILES string of the molecule is CC(C)c1cc(N(CCN2CCN(C)CC2)Cc2ccc(Br)cc2F)n2ncnc2n1. The number of hydrogen-bond donors (Lipinski definition) is 0.